The van der Waals surface area contributed by atoms with Gasteiger partial charge in [-0.25, -0.2) is 4.98 Å². The van der Waals surface area contributed by atoms with Crippen molar-refractivity contribution in [3.05, 3.63) is 52.0 Å². The van der Waals surface area contributed by atoms with Crippen molar-refractivity contribution < 1.29 is 38.9 Å². The van der Waals surface area contributed by atoms with Gasteiger partial charge in [0.25, 0.3) is 5.91 Å². The molecule has 1 aliphatic heterocycles. The van der Waals surface area contributed by atoms with Crippen molar-refractivity contribution in [2.45, 2.75) is 103 Å². The summed E-state index contributed by atoms with van der Waals surface area (Å²) in [5.74, 6) is -3.96. The number of thiazole rings is 1. The number of aliphatic hydroxyl groups is 1. The smallest absolute Gasteiger partial charge is 0.308 e. The first-order valence-electron chi connectivity index (χ1n) is 17.7. The Hall–Kier alpha value is -3.88. The van der Waals surface area contributed by atoms with Gasteiger partial charge < -0.3 is 30.5 Å². The summed E-state index contributed by atoms with van der Waals surface area (Å²) in [5.41, 5.74) is 0.958. The topological polar surface area (TPSA) is 178 Å². The molecule has 1 aliphatic rings. The Morgan fingerprint density at radius 1 is 1.04 bits per heavy atom. The van der Waals surface area contributed by atoms with Gasteiger partial charge in [0.15, 0.2) is 6.10 Å². The highest BCUT2D eigenvalue weighted by atomic mass is 32.1. The number of benzene rings is 1. The van der Waals surface area contributed by atoms with Crippen molar-refractivity contribution in [1.82, 2.24) is 25.4 Å². The van der Waals surface area contributed by atoms with E-state index in [0.717, 1.165) is 42.7 Å². The van der Waals surface area contributed by atoms with Crippen LogP contribution in [0.3, 0.4) is 0 Å². The third-order valence-corrected chi connectivity index (χ3v) is 10.4. The van der Waals surface area contributed by atoms with Crippen LogP contribution in [0.15, 0.2) is 35.7 Å². The van der Waals surface area contributed by atoms with Crippen LogP contribution in [0.4, 0.5) is 0 Å². The first-order valence-corrected chi connectivity index (χ1v) is 18.6. The number of nitrogens with zero attached hydrogens (tertiary/aromatic N) is 3. The van der Waals surface area contributed by atoms with E-state index in [1.165, 1.54) is 6.92 Å². The average Bonchev–Trinajstić information content (AvgIpc) is 3.58. The van der Waals surface area contributed by atoms with Gasteiger partial charge in [0.2, 0.25) is 11.8 Å². The van der Waals surface area contributed by atoms with E-state index < -0.39 is 54.6 Å². The van der Waals surface area contributed by atoms with E-state index in [-0.39, 0.29) is 48.2 Å². The number of carbonyl (C=O) groups is 5. The molecule has 0 aliphatic carbocycles. The molecule has 1 saturated heterocycles. The first kappa shape index (κ1) is 41.5. The van der Waals surface area contributed by atoms with E-state index >= 15 is 0 Å². The van der Waals surface area contributed by atoms with Crippen molar-refractivity contribution in [3.8, 4) is 0 Å². The minimum Gasteiger partial charge on any atom is -0.481 e. The van der Waals surface area contributed by atoms with Crippen LogP contribution in [0.2, 0.25) is 0 Å². The van der Waals surface area contributed by atoms with Crippen LogP contribution in [-0.2, 0) is 30.3 Å². The number of nitrogens with one attached hydrogen (secondary N) is 2. The lowest BCUT2D eigenvalue weighted by Gasteiger charge is -2.37. The van der Waals surface area contributed by atoms with Crippen molar-refractivity contribution >= 4 is 41.0 Å². The fourth-order valence-electron chi connectivity index (χ4n) is 6.54. The summed E-state index contributed by atoms with van der Waals surface area (Å²) in [5, 5.41) is 27.0. The maximum atomic E-state index is 14.0. The van der Waals surface area contributed by atoms with E-state index in [4.69, 9.17) is 4.74 Å². The van der Waals surface area contributed by atoms with Crippen molar-refractivity contribution in [1.29, 1.82) is 0 Å². The summed E-state index contributed by atoms with van der Waals surface area (Å²) >= 11 is 1.14. The molecule has 3 amide bonds. The molecule has 51 heavy (non-hydrogen) atoms. The Balaban J connectivity index is 1.80. The molecule has 0 bridgehead atoms. The number of amides is 3. The largest absolute Gasteiger partial charge is 0.481 e. The molecule has 1 aromatic carbocycles. The van der Waals surface area contributed by atoms with E-state index in [9.17, 15) is 34.2 Å². The summed E-state index contributed by atoms with van der Waals surface area (Å²) in [6.07, 6.45) is 2.41. The molecule has 5 unspecified atom stereocenters. The highest BCUT2D eigenvalue weighted by Gasteiger charge is 2.37. The number of carboxylic acids is 1. The zero-order valence-corrected chi connectivity index (χ0v) is 31.7. The predicted octanol–water partition coefficient (Wildman–Crippen LogP) is 3.67. The van der Waals surface area contributed by atoms with E-state index in [1.807, 2.05) is 70.0 Å². The molecule has 2 aromatic rings. The summed E-state index contributed by atoms with van der Waals surface area (Å²) in [4.78, 5) is 72.9. The number of hydrogen-bond donors (Lipinski definition) is 4. The lowest BCUT2D eigenvalue weighted by molar-refractivity contribution is -0.149. The highest BCUT2D eigenvalue weighted by molar-refractivity contribution is 7.09. The van der Waals surface area contributed by atoms with Crippen LogP contribution >= 0.6 is 11.3 Å². The van der Waals surface area contributed by atoms with E-state index in [0.29, 0.717) is 11.4 Å². The maximum absolute atomic E-state index is 14.0. The van der Waals surface area contributed by atoms with Gasteiger partial charge in [-0.1, -0.05) is 64.4 Å². The predicted molar refractivity (Wildman–Crippen MR) is 194 cm³/mol. The van der Waals surface area contributed by atoms with Crippen LogP contribution in [0, 0.1) is 17.8 Å². The molecular formula is C37H55N5O8S. The summed E-state index contributed by atoms with van der Waals surface area (Å²) in [7, 11) is 3.62. The number of rotatable bonds is 18. The number of aliphatic hydroxyl groups excluding tert-OH is 1. The maximum Gasteiger partial charge on any atom is 0.308 e. The van der Waals surface area contributed by atoms with Gasteiger partial charge in [-0.15, -0.1) is 11.3 Å². The minimum absolute atomic E-state index is 0.00511. The fourth-order valence-corrected chi connectivity index (χ4v) is 7.38. The van der Waals surface area contributed by atoms with Gasteiger partial charge in [0.1, 0.15) is 16.7 Å². The molecule has 0 radical (unpaired) electrons. The van der Waals surface area contributed by atoms with Gasteiger partial charge >= 0.3 is 11.9 Å². The second-order valence-electron chi connectivity index (χ2n) is 14.2. The van der Waals surface area contributed by atoms with Gasteiger partial charge in [-0.3, -0.25) is 28.9 Å². The van der Waals surface area contributed by atoms with Crippen LogP contribution in [-0.4, -0.2) is 106 Å². The molecule has 0 saturated carbocycles. The lowest BCUT2D eigenvalue weighted by Crippen LogP contribution is -2.57. The number of aliphatic carboxylic acids is 1. The molecule has 2 heterocycles. The Morgan fingerprint density at radius 3 is 2.29 bits per heavy atom. The van der Waals surface area contributed by atoms with Crippen LogP contribution in [0.5, 0.6) is 0 Å². The Morgan fingerprint density at radius 2 is 1.73 bits per heavy atom. The second kappa shape index (κ2) is 19.7. The SMILES string of the molecule is CC(=O)OC(CC(C(C)C)N(C)C(=O)C(NC(=O)[C@H]1CCCCN1C)C(C)C)c1nc(C(=O)NC(Cc2ccccc2)CC(CO)C(=O)O)cs1. The Labute approximate surface area is 305 Å². The molecule has 4 N–H and O–H groups in total. The van der Waals surface area contributed by atoms with Crippen molar-refractivity contribution in [3.63, 3.8) is 0 Å². The fraction of sp³-hybridized carbons (Fsp3) is 0.622. The standard InChI is InChI=1S/C37H55N5O8S/c1-22(2)30(42(7)36(47)32(23(3)4)40-34(46)29-15-11-12-16-41(29)6)19-31(50-24(5)44)35-39-28(21-51-35)33(45)38-27(18-26(20-43)37(48)49)17-25-13-9-8-10-14-25/h8-10,13-14,21-23,26-27,29-32,43H,11-12,15-20H2,1-7H3,(H,38,45)(H,40,46)(H,48,49)/t26?,27?,29-,30?,31?,32?/m1/s1. The van der Waals surface area contributed by atoms with E-state index in [2.05, 4.69) is 15.6 Å². The van der Waals surface area contributed by atoms with Gasteiger partial charge in [-0.2, -0.15) is 0 Å². The number of carboxylic acid groups (broad SMARTS) is 1. The quantitative estimate of drug-likeness (QED) is 0.166. The second-order valence-corrected chi connectivity index (χ2v) is 15.1. The van der Waals surface area contributed by atoms with E-state index in [1.54, 1.807) is 17.3 Å². The summed E-state index contributed by atoms with van der Waals surface area (Å²) in [6, 6.07) is 7.23. The number of aromatic nitrogens is 1. The number of hydrogen-bond acceptors (Lipinski definition) is 10. The van der Waals surface area contributed by atoms with Crippen molar-refractivity contribution in [2.24, 2.45) is 17.8 Å². The molecule has 1 aromatic heterocycles. The van der Waals surface area contributed by atoms with Crippen molar-refractivity contribution in [2.75, 3.05) is 27.2 Å². The van der Waals surface area contributed by atoms with Gasteiger partial charge in [-0.05, 0) is 56.7 Å². The molecule has 13 nitrogen and oxygen atoms in total. The summed E-state index contributed by atoms with van der Waals surface area (Å²) < 4.78 is 5.73. The Kier molecular flexibility index (Phi) is 16.0. The zero-order chi connectivity index (χ0) is 37.8. The lowest BCUT2D eigenvalue weighted by atomic mass is 9.94. The highest BCUT2D eigenvalue weighted by Crippen LogP contribution is 2.31. The molecular weight excluding hydrogens is 675 g/mol. The number of esters is 1. The monoisotopic (exact) mass is 729 g/mol. The number of carbonyl (C=O) groups excluding carboxylic acids is 4. The molecule has 282 valence electrons. The number of piperidine rings is 1. The van der Waals surface area contributed by atoms with Crippen LogP contribution < -0.4 is 10.6 Å². The number of likely N-dealkylation sites (N-methyl/N-ethyl adjacent to an activating group) is 2. The average molecular weight is 730 g/mol. The number of likely N-dealkylation sites (tertiary alicyclic amines) is 1. The van der Waals surface area contributed by atoms with Gasteiger partial charge in [0.05, 0.1) is 18.6 Å². The van der Waals surface area contributed by atoms with Crippen LogP contribution in [0.25, 0.3) is 0 Å². The molecule has 6 atom stereocenters. The third-order valence-electron chi connectivity index (χ3n) is 9.51. The van der Waals surface area contributed by atoms with Gasteiger partial charge in [0, 0.05) is 37.9 Å². The molecule has 14 heteroatoms. The minimum atomic E-state index is -1.16. The first-order chi connectivity index (χ1) is 24.1. The third kappa shape index (κ3) is 12.1. The molecule has 3 rings (SSSR count). The normalized spacial score (nSPS) is 18.0. The number of ether oxygens (including phenoxy) is 1. The molecule has 0 spiro atoms. The zero-order valence-electron chi connectivity index (χ0n) is 30.8. The summed E-state index contributed by atoms with van der Waals surface area (Å²) in [6.45, 7) is 9.25. The molecule has 1 fully saturated rings. The van der Waals surface area contributed by atoms with Crippen LogP contribution in [0.1, 0.15) is 93.9 Å². The Bertz CT molecular complexity index is 1470.